The molecule has 1 atom stereocenters. The molecular weight excluding hydrogens is 257 g/mol. The summed E-state index contributed by atoms with van der Waals surface area (Å²) in [5, 5.41) is 3.19. The zero-order valence-corrected chi connectivity index (χ0v) is 12.2. The summed E-state index contributed by atoms with van der Waals surface area (Å²) in [7, 11) is 1.86. The zero-order chi connectivity index (χ0) is 13.8. The Labute approximate surface area is 118 Å². The number of hydrogen-bond acceptors (Lipinski definition) is 2. The molecule has 0 heterocycles. The predicted octanol–water partition coefficient (Wildman–Crippen LogP) is 4.16. The van der Waals surface area contributed by atoms with E-state index < -0.39 is 0 Å². The van der Waals surface area contributed by atoms with Crippen LogP contribution in [0.2, 0.25) is 0 Å². The molecule has 1 nitrogen and oxygen atoms in total. The molecule has 1 unspecified atom stereocenters. The van der Waals surface area contributed by atoms with Gasteiger partial charge in [0.1, 0.15) is 5.82 Å². The van der Waals surface area contributed by atoms with E-state index in [1.807, 2.05) is 26.3 Å². The highest BCUT2D eigenvalue weighted by Gasteiger charge is 2.16. The monoisotopic (exact) mass is 275 g/mol. The lowest BCUT2D eigenvalue weighted by molar-refractivity contribution is 0.575. The molecule has 0 aliphatic carbocycles. The van der Waals surface area contributed by atoms with Crippen molar-refractivity contribution in [2.45, 2.75) is 17.9 Å². The third-order valence-electron chi connectivity index (χ3n) is 3.20. The molecule has 0 saturated carbocycles. The third kappa shape index (κ3) is 3.17. The SMILES string of the molecule is CNC(c1ccc(SC)cc1)c1cc(C)ccc1F. The summed E-state index contributed by atoms with van der Waals surface area (Å²) in [5.74, 6) is -0.168. The van der Waals surface area contributed by atoms with Crippen molar-refractivity contribution in [3.63, 3.8) is 0 Å². The Morgan fingerprint density at radius 2 is 1.79 bits per heavy atom. The molecule has 0 radical (unpaired) electrons. The average Bonchev–Trinajstić information content (AvgIpc) is 2.44. The molecule has 0 bridgehead atoms. The van der Waals surface area contributed by atoms with Gasteiger partial charge in [-0.2, -0.15) is 0 Å². The van der Waals surface area contributed by atoms with Crippen molar-refractivity contribution in [1.82, 2.24) is 5.32 Å². The first-order valence-electron chi connectivity index (χ1n) is 6.23. The first-order valence-corrected chi connectivity index (χ1v) is 7.45. The lowest BCUT2D eigenvalue weighted by atomic mass is 9.97. The van der Waals surface area contributed by atoms with E-state index in [-0.39, 0.29) is 11.9 Å². The molecule has 0 aliphatic heterocycles. The summed E-state index contributed by atoms with van der Waals surface area (Å²) < 4.78 is 14.0. The van der Waals surface area contributed by atoms with E-state index >= 15 is 0 Å². The minimum atomic E-state index is -0.168. The summed E-state index contributed by atoms with van der Waals surface area (Å²) in [6.07, 6.45) is 2.05. The third-order valence-corrected chi connectivity index (χ3v) is 3.94. The number of thioether (sulfide) groups is 1. The molecule has 1 N–H and O–H groups in total. The minimum Gasteiger partial charge on any atom is -0.309 e. The van der Waals surface area contributed by atoms with Crippen LogP contribution in [0.3, 0.4) is 0 Å². The topological polar surface area (TPSA) is 12.0 Å². The molecule has 19 heavy (non-hydrogen) atoms. The number of rotatable bonds is 4. The fourth-order valence-electron chi connectivity index (χ4n) is 2.18. The van der Waals surface area contributed by atoms with E-state index in [4.69, 9.17) is 0 Å². The van der Waals surface area contributed by atoms with Gasteiger partial charge in [-0.05, 0) is 44.0 Å². The Hall–Kier alpha value is -1.32. The number of benzene rings is 2. The maximum absolute atomic E-state index is 14.0. The van der Waals surface area contributed by atoms with Gasteiger partial charge in [-0.25, -0.2) is 4.39 Å². The first-order chi connectivity index (χ1) is 9.15. The van der Waals surface area contributed by atoms with Crippen molar-refractivity contribution in [3.8, 4) is 0 Å². The number of nitrogens with one attached hydrogen (secondary N) is 1. The smallest absolute Gasteiger partial charge is 0.128 e. The summed E-state index contributed by atoms with van der Waals surface area (Å²) >= 11 is 1.70. The Kier molecular flexibility index (Phi) is 4.61. The van der Waals surface area contributed by atoms with Crippen molar-refractivity contribution < 1.29 is 4.39 Å². The zero-order valence-electron chi connectivity index (χ0n) is 11.4. The van der Waals surface area contributed by atoms with Crippen LogP contribution < -0.4 is 5.32 Å². The highest BCUT2D eigenvalue weighted by molar-refractivity contribution is 7.98. The summed E-state index contributed by atoms with van der Waals surface area (Å²) in [4.78, 5) is 1.21. The number of halogens is 1. The van der Waals surface area contributed by atoms with E-state index in [2.05, 4.69) is 29.6 Å². The number of hydrogen-bond donors (Lipinski definition) is 1. The van der Waals surface area contributed by atoms with Gasteiger partial charge in [-0.15, -0.1) is 11.8 Å². The molecule has 3 heteroatoms. The Morgan fingerprint density at radius 3 is 2.37 bits per heavy atom. The van der Waals surface area contributed by atoms with Gasteiger partial charge in [0.05, 0.1) is 6.04 Å². The van der Waals surface area contributed by atoms with Crippen LogP contribution in [-0.2, 0) is 0 Å². The van der Waals surface area contributed by atoms with Gasteiger partial charge in [0, 0.05) is 10.5 Å². The molecule has 0 aliphatic rings. The predicted molar refractivity (Wildman–Crippen MR) is 80.3 cm³/mol. The minimum absolute atomic E-state index is 0.115. The Balaban J connectivity index is 2.40. The van der Waals surface area contributed by atoms with Crippen LogP contribution in [0.15, 0.2) is 47.4 Å². The Bertz CT molecular complexity index is 551. The molecule has 0 fully saturated rings. The molecule has 100 valence electrons. The maximum Gasteiger partial charge on any atom is 0.128 e. The molecule has 0 amide bonds. The first kappa shape index (κ1) is 14.1. The van der Waals surface area contributed by atoms with Gasteiger partial charge in [0.2, 0.25) is 0 Å². The molecule has 0 aromatic heterocycles. The highest BCUT2D eigenvalue weighted by Crippen LogP contribution is 2.26. The molecule has 2 aromatic rings. The fraction of sp³-hybridized carbons (Fsp3) is 0.250. The molecule has 2 rings (SSSR count). The van der Waals surface area contributed by atoms with Crippen LogP contribution in [0, 0.1) is 12.7 Å². The molecular formula is C16H18FNS. The van der Waals surface area contributed by atoms with E-state index in [0.29, 0.717) is 5.56 Å². The second kappa shape index (κ2) is 6.22. The fourth-order valence-corrected chi connectivity index (χ4v) is 2.59. The van der Waals surface area contributed by atoms with Crippen molar-refractivity contribution in [2.75, 3.05) is 13.3 Å². The van der Waals surface area contributed by atoms with E-state index in [9.17, 15) is 4.39 Å². The van der Waals surface area contributed by atoms with Crippen LogP contribution in [0.4, 0.5) is 4.39 Å². The van der Waals surface area contributed by atoms with E-state index in [0.717, 1.165) is 11.1 Å². The molecule has 2 aromatic carbocycles. The van der Waals surface area contributed by atoms with Gasteiger partial charge >= 0.3 is 0 Å². The van der Waals surface area contributed by atoms with Crippen LogP contribution in [0.1, 0.15) is 22.7 Å². The second-order valence-corrected chi connectivity index (χ2v) is 5.40. The molecule has 0 spiro atoms. The standard InChI is InChI=1S/C16H18FNS/c1-11-4-9-15(17)14(10-11)16(18-2)12-5-7-13(19-3)8-6-12/h4-10,16,18H,1-3H3. The Morgan fingerprint density at radius 1 is 1.11 bits per heavy atom. The summed E-state index contributed by atoms with van der Waals surface area (Å²) in [6, 6.07) is 13.3. The van der Waals surface area contributed by atoms with E-state index in [1.54, 1.807) is 17.8 Å². The quantitative estimate of drug-likeness (QED) is 0.841. The van der Waals surface area contributed by atoms with Crippen LogP contribution in [0.25, 0.3) is 0 Å². The van der Waals surface area contributed by atoms with Gasteiger partial charge in [0.25, 0.3) is 0 Å². The van der Waals surface area contributed by atoms with Crippen molar-refractivity contribution in [3.05, 3.63) is 65.0 Å². The molecule has 0 saturated heterocycles. The highest BCUT2D eigenvalue weighted by atomic mass is 32.2. The van der Waals surface area contributed by atoms with Crippen molar-refractivity contribution in [1.29, 1.82) is 0 Å². The van der Waals surface area contributed by atoms with Crippen LogP contribution in [0.5, 0.6) is 0 Å². The van der Waals surface area contributed by atoms with Gasteiger partial charge < -0.3 is 5.32 Å². The van der Waals surface area contributed by atoms with Crippen molar-refractivity contribution in [2.24, 2.45) is 0 Å². The normalized spacial score (nSPS) is 12.4. The van der Waals surface area contributed by atoms with Gasteiger partial charge in [-0.3, -0.25) is 0 Å². The van der Waals surface area contributed by atoms with Crippen LogP contribution in [-0.4, -0.2) is 13.3 Å². The van der Waals surface area contributed by atoms with Gasteiger partial charge in [-0.1, -0.05) is 29.8 Å². The van der Waals surface area contributed by atoms with E-state index in [1.165, 1.54) is 11.0 Å². The summed E-state index contributed by atoms with van der Waals surface area (Å²) in [5.41, 5.74) is 2.83. The summed E-state index contributed by atoms with van der Waals surface area (Å²) in [6.45, 7) is 1.98. The van der Waals surface area contributed by atoms with Crippen molar-refractivity contribution >= 4 is 11.8 Å². The maximum atomic E-state index is 14.0. The van der Waals surface area contributed by atoms with Gasteiger partial charge in [0.15, 0.2) is 0 Å². The largest absolute Gasteiger partial charge is 0.309 e. The van der Waals surface area contributed by atoms with Crippen LogP contribution >= 0.6 is 11.8 Å². The second-order valence-electron chi connectivity index (χ2n) is 4.52. The average molecular weight is 275 g/mol. The lowest BCUT2D eigenvalue weighted by Gasteiger charge is -2.18. The lowest BCUT2D eigenvalue weighted by Crippen LogP contribution is -2.19. The number of aryl methyl sites for hydroxylation is 1.